The number of thioether (sulfide) groups is 1. The molecule has 0 unspecified atom stereocenters. The van der Waals surface area contributed by atoms with Gasteiger partial charge in [0.05, 0.1) is 20.1 Å². The van der Waals surface area contributed by atoms with Gasteiger partial charge in [-0.05, 0) is 43.0 Å². The second kappa shape index (κ2) is 10.9. The Labute approximate surface area is 165 Å². The lowest BCUT2D eigenvalue weighted by Crippen LogP contribution is -2.23. The number of aryl methyl sites for hydroxylation is 1. The average molecular weight is 389 g/mol. The lowest BCUT2D eigenvalue weighted by molar-refractivity contribution is -0.141. The zero-order valence-electron chi connectivity index (χ0n) is 16.2. The number of carboxylic acids is 1. The fourth-order valence-electron chi connectivity index (χ4n) is 2.95. The minimum absolute atomic E-state index is 0.0105. The quantitative estimate of drug-likeness (QED) is 0.418. The summed E-state index contributed by atoms with van der Waals surface area (Å²) in [6, 6.07) is 16.1. The van der Waals surface area contributed by atoms with Crippen molar-refractivity contribution in [3.8, 4) is 11.5 Å². The standard InChI is InChI=1S/C22H28O4S/c1-16(22(23)24)21(12-8-7-11-17-9-5-4-6-10-17)27-18-13-14-19(25-2)20(15-18)26-3/h4-6,9-10,13-16,21H,7-8,11-12H2,1-3H3,(H,23,24)/t16-,21-/m0/s1. The minimum Gasteiger partial charge on any atom is -0.493 e. The first-order valence-electron chi connectivity index (χ1n) is 9.20. The van der Waals surface area contributed by atoms with Gasteiger partial charge in [-0.3, -0.25) is 4.79 Å². The molecule has 0 amide bonds. The molecule has 2 atom stereocenters. The summed E-state index contributed by atoms with van der Waals surface area (Å²) >= 11 is 1.60. The van der Waals surface area contributed by atoms with E-state index in [1.54, 1.807) is 32.9 Å². The van der Waals surface area contributed by atoms with Gasteiger partial charge >= 0.3 is 5.97 Å². The fourth-order valence-corrected chi connectivity index (χ4v) is 4.23. The third kappa shape index (κ3) is 6.51. The number of aliphatic carboxylic acids is 1. The lowest BCUT2D eigenvalue weighted by atomic mass is 10.0. The van der Waals surface area contributed by atoms with Crippen molar-refractivity contribution < 1.29 is 19.4 Å². The summed E-state index contributed by atoms with van der Waals surface area (Å²) in [6.45, 7) is 1.79. The molecule has 1 N–H and O–H groups in total. The number of unbranched alkanes of at least 4 members (excludes halogenated alkanes) is 1. The van der Waals surface area contributed by atoms with Crippen molar-refractivity contribution in [3.05, 3.63) is 54.1 Å². The van der Waals surface area contributed by atoms with Gasteiger partial charge in [0.1, 0.15) is 0 Å². The van der Waals surface area contributed by atoms with Crippen molar-refractivity contribution in [3.63, 3.8) is 0 Å². The molecule has 27 heavy (non-hydrogen) atoms. The van der Waals surface area contributed by atoms with Crippen LogP contribution < -0.4 is 9.47 Å². The van der Waals surface area contributed by atoms with E-state index in [0.29, 0.717) is 11.5 Å². The van der Waals surface area contributed by atoms with Crippen LogP contribution in [0.2, 0.25) is 0 Å². The van der Waals surface area contributed by atoms with E-state index in [2.05, 4.69) is 24.3 Å². The SMILES string of the molecule is COc1ccc(S[C@@H](CCCCc2ccccc2)[C@H](C)C(=O)O)cc1OC. The Morgan fingerprint density at radius 1 is 1.04 bits per heavy atom. The van der Waals surface area contributed by atoms with E-state index in [1.165, 1.54) is 5.56 Å². The topological polar surface area (TPSA) is 55.8 Å². The van der Waals surface area contributed by atoms with Gasteiger partial charge in [-0.2, -0.15) is 0 Å². The average Bonchev–Trinajstić information content (AvgIpc) is 2.70. The summed E-state index contributed by atoms with van der Waals surface area (Å²) in [7, 11) is 3.21. The maximum Gasteiger partial charge on any atom is 0.307 e. The second-order valence-corrected chi connectivity index (χ2v) is 7.84. The normalized spacial score (nSPS) is 13.0. The molecule has 4 nitrogen and oxygen atoms in total. The Morgan fingerprint density at radius 3 is 2.37 bits per heavy atom. The van der Waals surface area contributed by atoms with Crippen molar-refractivity contribution in [2.75, 3.05) is 14.2 Å². The highest BCUT2D eigenvalue weighted by Gasteiger charge is 2.24. The Balaban J connectivity index is 1.98. The van der Waals surface area contributed by atoms with Crippen molar-refractivity contribution in [1.82, 2.24) is 0 Å². The van der Waals surface area contributed by atoms with Crippen molar-refractivity contribution in [2.45, 2.75) is 42.8 Å². The molecule has 2 rings (SSSR count). The maximum atomic E-state index is 11.6. The van der Waals surface area contributed by atoms with Crippen LogP contribution in [-0.2, 0) is 11.2 Å². The van der Waals surface area contributed by atoms with E-state index < -0.39 is 11.9 Å². The molecule has 0 heterocycles. The third-order valence-electron chi connectivity index (χ3n) is 4.64. The number of hydrogen-bond acceptors (Lipinski definition) is 4. The van der Waals surface area contributed by atoms with Gasteiger partial charge < -0.3 is 14.6 Å². The Morgan fingerprint density at radius 2 is 1.74 bits per heavy atom. The number of rotatable bonds is 11. The molecule has 0 aromatic heterocycles. The molecule has 0 aliphatic heterocycles. The predicted molar refractivity (Wildman–Crippen MR) is 110 cm³/mol. The molecule has 0 aliphatic carbocycles. The van der Waals surface area contributed by atoms with Gasteiger partial charge in [0.15, 0.2) is 11.5 Å². The second-order valence-electron chi connectivity index (χ2n) is 6.53. The number of benzene rings is 2. The van der Waals surface area contributed by atoms with E-state index >= 15 is 0 Å². The Kier molecular flexibility index (Phi) is 8.52. The van der Waals surface area contributed by atoms with Crippen LogP contribution in [0.1, 0.15) is 31.7 Å². The molecule has 0 aliphatic rings. The van der Waals surface area contributed by atoms with Crippen LogP contribution in [0.3, 0.4) is 0 Å². The smallest absolute Gasteiger partial charge is 0.307 e. The van der Waals surface area contributed by atoms with Crippen molar-refractivity contribution in [1.29, 1.82) is 0 Å². The molecule has 0 saturated carbocycles. The molecule has 0 spiro atoms. The zero-order valence-corrected chi connectivity index (χ0v) is 17.0. The number of carbonyl (C=O) groups is 1. The third-order valence-corrected chi connectivity index (χ3v) is 6.11. The summed E-state index contributed by atoms with van der Waals surface area (Å²) in [6.07, 6.45) is 3.94. The van der Waals surface area contributed by atoms with E-state index in [1.807, 2.05) is 24.3 Å². The van der Waals surface area contributed by atoms with Gasteiger partial charge in [-0.1, -0.05) is 43.7 Å². The van der Waals surface area contributed by atoms with Crippen LogP contribution in [0.15, 0.2) is 53.4 Å². The highest BCUT2D eigenvalue weighted by Crippen LogP contribution is 2.37. The first-order valence-corrected chi connectivity index (χ1v) is 10.1. The molecule has 0 radical (unpaired) electrons. The molecule has 146 valence electrons. The van der Waals surface area contributed by atoms with Gasteiger partial charge in [0.25, 0.3) is 0 Å². The van der Waals surface area contributed by atoms with E-state index in [-0.39, 0.29) is 5.25 Å². The molecule has 2 aromatic carbocycles. The van der Waals surface area contributed by atoms with Gasteiger partial charge in [-0.15, -0.1) is 11.8 Å². The van der Waals surface area contributed by atoms with Crippen LogP contribution >= 0.6 is 11.8 Å². The first-order chi connectivity index (χ1) is 13.0. The van der Waals surface area contributed by atoms with Crippen LogP contribution in [0.4, 0.5) is 0 Å². The van der Waals surface area contributed by atoms with Gasteiger partial charge in [-0.25, -0.2) is 0 Å². The summed E-state index contributed by atoms with van der Waals surface area (Å²) in [5.41, 5.74) is 1.33. The molecule has 0 bridgehead atoms. The van der Waals surface area contributed by atoms with Gasteiger partial charge in [0.2, 0.25) is 0 Å². The molecule has 2 aromatic rings. The van der Waals surface area contributed by atoms with Crippen molar-refractivity contribution in [2.24, 2.45) is 5.92 Å². The number of ether oxygens (including phenoxy) is 2. The minimum atomic E-state index is -0.754. The Bertz CT molecular complexity index is 718. The van der Waals surface area contributed by atoms with Gasteiger partial charge in [0, 0.05) is 10.1 Å². The zero-order chi connectivity index (χ0) is 19.6. The first kappa shape index (κ1) is 21.2. The highest BCUT2D eigenvalue weighted by atomic mass is 32.2. The van der Waals surface area contributed by atoms with E-state index in [4.69, 9.17) is 9.47 Å². The highest BCUT2D eigenvalue weighted by molar-refractivity contribution is 8.00. The van der Waals surface area contributed by atoms with Crippen LogP contribution in [-0.4, -0.2) is 30.5 Å². The summed E-state index contributed by atoms with van der Waals surface area (Å²) in [5, 5.41) is 9.50. The van der Waals surface area contributed by atoms with Crippen LogP contribution in [0.5, 0.6) is 11.5 Å². The summed E-state index contributed by atoms with van der Waals surface area (Å²) < 4.78 is 10.6. The molecule has 5 heteroatoms. The van der Waals surface area contributed by atoms with Crippen LogP contribution in [0, 0.1) is 5.92 Å². The molecule has 0 saturated heterocycles. The monoisotopic (exact) mass is 388 g/mol. The van der Waals surface area contributed by atoms with Crippen LogP contribution in [0.25, 0.3) is 0 Å². The molecule has 0 fully saturated rings. The summed E-state index contributed by atoms with van der Waals surface area (Å²) in [5.74, 6) is 0.164. The predicted octanol–water partition coefficient (Wildman–Crippen LogP) is 5.30. The fraction of sp³-hybridized carbons (Fsp3) is 0.409. The largest absolute Gasteiger partial charge is 0.493 e. The number of carboxylic acid groups (broad SMARTS) is 1. The summed E-state index contributed by atoms with van der Waals surface area (Å²) in [4.78, 5) is 12.5. The van der Waals surface area contributed by atoms with E-state index in [0.717, 1.165) is 30.6 Å². The maximum absolute atomic E-state index is 11.6. The molecular formula is C22H28O4S. The Hall–Kier alpha value is -2.14. The number of hydrogen-bond donors (Lipinski definition) is 1. The number of methoxy groups -OCH3 is 2. The van der Waals surface area contributed by atoms with Crippen molar-refractivity contribution >= 4 is 17.7 Å². The van der Waals surface area contributed by atoms with E-state index in [9.17, 15) is 9.90 Å². The lowest BCUT2D eigenvalue weighted by Gasteiger charge is -2.21. The molecular weight excluding hydrogens is 360 g/mol.